The number of benzene rings is 2. The Morgan fingerprint density at radius 1 is 1.18 bits per heavy atom. The second kappa shape index (κ2) is 7.71. The summed E-state index contributed by atoms with van der Waals surface area (Å²) in [4.78, 5) is 16.2. The number of ketones is 1. The third-order valence-corrected chi connectivity index (χ3v) is 3.59. The van der Waals surface area contributed by atoms with Crippen LogP contribution in [0.15, 0.2) is 59.6 Å². The molecule has 0 heterocycles. The van der Waals surface area contributed by atoms with E-state index >= 15 is 0 Å². The number of nitrogens with two attached hydrogens (primary N) is 1. The van der Waals surface area contributed by atoms with Gasteiger partial charge in [-0.25, -0.2) is 10.2 Å². The van der Waals surface area contributed by atoms with Gasteiger partial charge in [-0.05, 0) is 24.3 Å². The highest BCUT2D eigenvalue weighted by Crippen LogP contribution is 2.14. The number of nitrogens with one attached hydrogen (secondary N) is 1. The summed E-state index contributed by atoms with van der Waals surface area (Å²) in [5.74, 6) is 0.0161. The fourth-order valence-electron chi connectivity index (χ4n) is 1.68. The predicted molar refractivity (Wildman–Crippen MR) is 86.7 cm³/mol. The van der Waals surface area contributed by atoms with Crippen molar-refractivity contribution in [3.63, 3.8) is 0 Å². The maximum Gasteiger partial charge on any atom is 0.173 e. The first-order valence-corrected chi connectivity index (χ1v) is 7.43. The fraction of sp³-hybridized carbons (Fsp3) is 0.0667. The molecule has 114 valence electrons. The van der Waals surface area contributed by atoms with Gasteiger partial charge >= 0.3 is 0 Å². The van der Waals surface area contributed by atoms with Crippen molar-refractivity contribution in [1.29, 1.82) is 0 Å². The average molecular weight is 317 g/mol. The number of rotatable bonds is 5. The maximum atomic E-state index is 12.0. The molecule has 0 radical (unpaired) electrons. The van der Waals surface area contributed by atoms with Gasteiger partial charge in [0.1, 0.15) is 0 Å². The third kappa shape index (κ3) is 4.68. The lowest BCUT2D eigenvalue weighted by Gasteiger charge is -2.11. The van der Waals surface area contributed by atoms with Crippen molar-refractivity contribution in [2.24, 2.45) is 10.7 Å². The van der Waals surface area contributed by atoms with Gasteiger partial charge in [-0.2, -0.15) is 5.23 Å². The fourth-order valence-corrected chi connectivity index (χ4v) is 2.30. The molecule has 2 aromatic carbocycles. The van der Waals surface area contributed by atoms with Crippen molar-refractivity contribution in [2.45, 2.75) is 0 Å². The minimum absolute atomic E-state index is 0.131. The van der Waals surface area contributed by atoms with Gasteiger partial charge in [0.25, 0.3) is 0 Å². The van der Waals surface area contributed by atoms with Crippen LogP contribution in [0.4, 0.5) is 11.4 Å². The van der Waals surface area contributed by atoms with Gasteiger partial charge < -0.3 is 10.9 Å². The van der Waals surface area contributed by atoms with E-state index in [1.54, 1.807) is 0 Å². The molecule has 0 aliphatic carbocycles. The van der Waals surface area contributed by atoms with Crippen LogP contribution >= 0.6 is 11.8 Å². The van der Waals surface area contributed by atoms with E-state index in [9.17, 15) is 10.0 Å². The Labute approximate surface area is 131 Å². The van der Waals surface area contributed by atoms with E-state index in [2.05, 4.69) is 4.99 Å². The first-order chi connectivity index (χ1) is 10.6. The van der Waals surface area contributed by atoms with E-state index in [1.807, 2.05) is 30.3 Å². The van der Waals surface area contributed by atoms with Gasteiger partial charge in [-0.1, -0.05) is 30.0 Å². The number of carbonyl (C=O) groups is 1. The SMILES string of the molecule is NC(=Nc1ccccc1)SCC(=O)c1ccc([NH+]([O-])O)cc1. The highest BCUT2D eigenvalue weighted by Gasteiger charge is 2.09. The molecule has 2 rings (SSSR count). The van der Waals surface area contributed by atoms with Gasteiger partial charge in [0, 0.05) is 17.7 Å². The van der Waals surface area contributed by atoms with Crippen molar-refractivity contribution < 1.29 is 15.2 Å². The first kappa shape index (κ1) is 16.2. The molecule has 1 atom stereocenters. The van der Waals surface area contributed by atoms with Crippen molar-refractivity contribution in [3.05, 3.63) is 65.4 Å². The topological polar surface area (TPSA) is 103 Å². The normalized spacial score (nSPS) is 12.9. The predicted octanol–water partition coefficient (Wildman–Crippen LogP) is 1.65. The van der Waals surface area contributed by atoms with Crippen molar-refractivity contribution in [1.82, 2.24) is 0 Å². The molecule has 0 aliphatic rings. The zero-order valence-electron chi connectivity index (χ0n) is 11.6. The van der Waals surface area contributed by atoms with E-state index in [0.717, 1.165) is 17.4 Å². The minimum Gasteiger partial charge on any atom is -0.595 e. The van der Waals surface area contributed by atoms with Crippen LogP contribution in [0.2, 0.25) is 0 Å². The number of aliphatic imine (C=N–C) groups is 1. The number of carbonyl (C=O) groups excluding carboxylic acids is 1. The zero-order valence-corrected chi connectivity index (χ0v) is 12.4. The molecule has 1 unspecified atom stereocenters. The summed E-state index contributed by atoms with van der Waals surface area (Å²) in [5.41, 5.74) is 7.10. The number of hydrogen-bond acceptors (Lipinski definition) is 5. The zero-order chi connectivity index (χ0) is 15.9. The van der Waals surface area contributed by atoms with E-state index in [0.29, 0.717) is 10.7 Å². The Kier molecular flexibility index (Phi) is 5.68. The van der Waals surface area contributed by atoms with Crippen LogP contribution in [0.5, 0.6) is 0 Å². The second-order valence-corrected chi connectivity index (χ2v) is 5.38. The molecule has 0 aromatic heterocycles. The van der Waals surface area contributed by atoms with Crippen LogP contribution in [-0.4, -0.2) is 21.9 Å². The summed E-state index contributed by atoms with van der Waals surface area (Å²) >= 11 is 1.15. The Bertz CT molecular complexity index is 657. The van der Waals surface area contributed by atoms with Crippen LogP contribution in [0.1, 0.15) is 10.4 Å². The maximum absolute atomic E-state index is 12.0. The lowest BCUT2D eigenvalue weighted by atomic mass is 10.1. The molecule has 7 heteroatoms. The number of Topliss-reactive ketones (excluding diaryl/α,β-unsaturated/α-hetero) is 1. The lowest BCUT2D eigenvalue weighted by Crippen LogP contribution is -2.99. The molecule has 0 spiro atoms. The monoisotopic (exact) mass is 317 g/mol. The van der Waals surface area contributed by atoms with Gasteiger partial charge in [0.15, 0.2) is 16.6 Å². The largest absolute Gasteiger partial charge is 0.595 e. The number of nitrogens with zero attached hydrogens (tertiary/aromatic N) is 1. The van der Waals surface area contributed by atoms with Gasteiger partial charge in [0.2, 0.25) is 0 Å². The molecule has 6 nitrogen and oxygen atoms in total. The van der Waals surface area contributed by atoms with E-state index in [4.69, 9.17) is 10.9 Å². The van der Waals surface area contributed by atoms with E-state index < -0.39 is 5.23 Å². The third-order valence-electron chi connectivity index (χ3n) is 2.80. The quantitative estimate of drug-likeness (QED) is 0.337. The average Bonchev–Trinajstić information content (AvgIpc) is 2.53. The number of hydrogen-bond donors (Lipinski definition) is 3. The van der Waals surface area contributed by atoms with Crippen LogP contribution < -0.4 is 11.0 Å². The van der Waals surface area contributed by atoms with E-state index in [-0.39, 0.29) is 17.2 Å². The Hall–Kier alpha value is -2.19. The summed E-state index contributed by atoms with van der Waals surface area (Å²) in [7, 11) is 0. The van der Waals surface area contributed by atoms with E-state index in [1.165, 1.54) is 24.3 Å². The summed E-state index contributed by atoms with van der Waals surface area (Å²) in [5, 5.41) is 18.8. The molecule has 4 N–H and O–H groups in total. The first-order valence-electron chi connectivity index (χ1n) is 6.45. The number of quaternary nitrogens is 1. The molecule has 22 heavy (non-hydrogen) atoms. The summed E-state index contributed by atoms with van der Waals surface area (Å²) in [6.45, 7) is 0. The molecule has 0 saturated carbocycles. The van der Waals surface area contributed by atoms with Gasteiger partial charge in [-0.3, -0.25) is 4.79 Å². The minimum atomic E-state index is -1.02. The summed E-state index contributed by atoms with van der Waals surface area (Å²) < 4.78 is 0. The molecular weight excluding hydrogens is 302 g/mol. The van der Waals surface area contributed by atoms with Crippen LogP contribution in [0.3, 0.4) is 0 Å². The Morgan fingerprint density at radius 3 is 2.41 bits per heavy atom. The standard InChI is InChI=1S/C15H15N3O3S/c16-15(17-12-4-2-1-3-5-12)22-10-14(19)11-6-8-13(9-7-11)18(20)21/h1-9,18,20H,10H2,(H2,16,17). The van der Waals surface area contributed by atoms with Crippen molar-refractivity contribution in [2.75, 3.05) is 5.75 Å². The highest BCUT2D eigenvalue weighted by molar-refractivity contribution is 8.14. The highest BCUT2D eigenvalue weighted by atomic mass is 32.2. The number of thioether (sulfide) groups is 1. The molecule has 0 saturated heterocycles. The lowest BCUT2D eigenvalue weighted by molar-refractivity contribution is -0.991. The molecular formula is C15H15N3O3S. The Morgan fingerprint density at radius 2 is 1.82 bits per heavy atom. The second-order valence-electron chi connectivity index (χ2n) is 4.38. The van der Waals surface area contributed by atoms with Crippen LogP contribution in [-0.2, 0) is 0 Å². The molecule has 0 fully saturated rings. The summed E-state index contributed by atoms with van der Waals surface area (Å²) in [6.07, 6.45) is 0. The van der Waals surface area contributed by atoms with Crippen molar-refractivity contribution in [3.8, 4) is 0 Å². The number of amidine groups is 1. The van der Waals surface area contributed by atoms with Crippen LogP contribution in [0, 0.1) is 5.21 Å². The Balaban J connectivity index is 1.93. The van der Waals surface area contributed by atoms with Gasteiger partial charge in [0.05, 0.1) is 11.4 Å². The molecule has 0 aliphatic heterocycles. The molecule has 2 aromatic rings. The molecule has 0 bridgehead atoms. The smallest absolute Gasteiger partial charge is 0.173 e. The summed E-state index contributed by atoms with van der Waals surface area (Å²) in [6, 6.07) is 15.0. The van der Waals surface area contributed by atoms with Crippen molar-refractivity contribution >= 4 is 34.1 Å². The van der Waals surface area contributed by atoms with Crippen LogP contribution in [0.25, 0.3) is 0 Å². The molecule has 0 amide bonds. The number of para-hydroxylation sites is 1. The van der Waals surface area contributed by atoms with Gasteiger partial charge in [-0.15, -0.1) is 0 Å².